The predicted molar refractivity (Wildman–Crippen MR) is 133 cm³/mol. The van der Waals surface area contributed by atoms with E-state index in [-0.39, 0.29) is 0 Å². The molecule has 4 rings (SSSR count). The van der Waals surface area contributed by atoms with E-state index in [1.165, 1.54) is 0 Å². The Hall–Kier alpha value is -3.91. The van der Waals surface area contributed by atoms with E-state index < -0.39 is 36.4 Å². The highest BCUT2D eigenvalue weighted by molar-refractivity contribution is 5.73. The van der Waals surface area contributed by atoms with Crippen LogP contribution in [0.5, 0.6) is 0 Å². The van der Waals surface area contributed by atoms with Gasteiger partial charge in [-0.1, -0.05) is 6.07 Å². The molecule has 2 aromatic heterocycles. The van der Waals surface area contributed by atoms with Crippen molar-refractivity contribution in [1.29, 1.82) is 0 Å². The van der Waals surface area contributed by atoms with Crippen molar-refractivity contribution in [3.63, 3.8) is 0 Å². The van der Waals surface area contributed by atoms with Crippen molar-refractivity contribution in [3.8, 4) is 0 Å². The molecule has 2 fully saturated rings. The van der Waals surface area contributed by atoms with Gasteiger partial charge >= 0.3 is 36.4 Å². The van der Waals surface area contributed by atoms with Crippen LogP contribution in [0, 0.1) is 6.92 Å². The summed E-state index contributed by atoms with van der Waals surface area (Å²) in [4.78, 5) is 35.9. The van der Waals surface area contributed by atoms with Crippen LogP contribution in [0.4, 0.5) is 39.5 Å². The molecule has 0 saturated carbocycles. The largest absolute Gasteiger partial charge is 0.490 e. The van der Waals surface area contributed by atoms with Gasteiger partial charge in [0.25, 0.3) is 0 Å². The summed E-state index contributed by atoms with van der Waals surface area (Å²) in [7, 11) is 0. The number of nitrogens with zero attached hydrogens (tertiary/aromatic N) is 3. The van der Waals surface area contributed by atoms with Crippen LogP contribution in [0.3, 0.4) is 0 Å². The Labute approximate surface area is 248 Å². The maximum absolute atomic E-state index is 10.6. The quantitative estimate of drug-likeness (QED) is 0.390. The number of hydrogen-bond acceptors (Lipinski definition) is 8. The van der Waals surface area contributed by atoms with Gasteiger partial charge in [-0.15, -0.1) is 0 Å². The third kappa shape index (κ3) is 15.6. The summed E-state index contributed by atoms with van der Waals surface area (Å²) >= 11 is 0. The van der Waals surface area contributed by atoms with E-state index in [1.54, 1.807) is 6.20 Å². The molecule has 0 radical (unpaired) electrons. The number of hydrogen-bond donors (Lipinski definition) is 3. The molecule has 254 valence electrons. The van der Waals surface area contributed by atoms with Gasteiger partial charge in [0.15, 0.2) is 0 Å². The maximum atomic E-state index is 10.6. The highest BCUT2D eigenvalue weighted by Crippen LogP contribution is 2.26. The van der Waals surface area contributed by atoms with Crippen molar-refractivity contribution >= 4 is 17.9 Å². The molecule has 4 heterocycles. The highest BCUT2D eigenvalue weighted by atomic mass is 19.4. The average Bonchev–Trinajstić information content (AvgIpc) is 3.52. The molecule has 0 aliphatic carbocycles. The average molecular weight is 669 g/mol. The molecule has 2 aliphatic heterocycles. The second-order valence-electron chi connectivity index (χ2n) is 9.33. The zero-order valence-electron chi connectivity index (χ0n) is 23.2. The van der Waals surface area contributed by atoms with Crippen molar-refractivity contribution in [2.75, 3.05) is 26.2 Å². The number of aliphatic carboxylic acids is 3. The molecule has 2 aromatic rings. The smallest absolute Gasteiger partial charge is 0.475 e. The van der Waals surface area contributed by atoms with Gasteiger partial charge in [-0.25, -0.2) is 14.4 Å². The summed E-state index contributed by atoms with van der Waals surface area (Å²) in [5.74, 6) is -6.20. The van der Waals surface area contributed by atoms with Gasteiger partial charge in [0.2, 0.25) is 0 Å². The van der Waals surface area contributed by atoms with Crippen LogP contribution in [-0.2, 0) is 32.3 Å². The van der Waals surface area contributed by atoms with E-state index in [9.17, 15) is 39.5 Å². The van der Waals surface area contributed by atoms with Crippen LogP contribution in [0.15, 0.2) is 41.1 Å². The number of alkyl halides is 9. The molecule has 0 spiro atoms. The van der Waals surface area contributed by atoms with Crippen molar-refractivity contribution < 1.29 is 78.4 Å². The van der Waals surface area contributed by atoms with Crippen molar-refractivity contribution in [3.05, 3.63) is 53.7 Å². The van der Waals surface area contributed by atoms with Gasteiger partial charge < -0.3 is 24.5 Å². The summed E-state index contributed by atoms with van der Waals surface area (Å²) in [6.45, 7) is 7.96. The summed E-state index contributed by atoms with van der Waals surface area (Å²) in [5.41, 5.74) is 1.15. The van der Waals surface area contributed by atoms with E-state index in [1.807, 2.05) is 25.3 Å². The van der Waals surface area contributed by atoms with E-state index in [4.69, 9.17) is 38.9 Å². The fraction of sp³-hybridized carbons (Fsp3) is 0.520. The minimum atomic E-state index is -5.08. The molecule has 45 heavy (non-hydrogen) atoms. The fourth-order valence-electron chi connectivity index (χ4n) is 3.81. The Balaban J connectivity index is 0.000000396. The molecule has 2 aliphatic rings. The summed E-state index contributed by atoms with van der Waals surface area (Å²) in [6.07, 6.45) is -10.1. The van der Waals surface area contributed by atoms with Gasteiger partial charge in [0, 0.05) is 44.6 Å². The molecule has 3 N–H and O–H groups in total. The number of aromatic nitrogens is 1. The van der Waals surface area contributed by atoms with Crippen LogP contribution in [0.2, 0.25) is 0 Å². The first kappa shape index (κ1) is 39.1. The predicted octanol–water partition coefficient (Wildman–Crippen LogP) is 4.36. The third-order valence-electron chi connectivity index (χ3n) is 5.77. The molecule has 2 saturated heterocycles. The number of halogens is 9. The van der Waals surface area contributed by atoms with E-state index >= 15 is 0 Å². The first-order chi connectivity index (χ1) is 20.6. The topological polar surface area (TPSA) is 154 Å². The number of carbonyl (C=O) groups is 3. The Morgan fingerprint density at radius 2 is 1.42 bits per heavy atom. The second-order valence-corrected chi connectivity index (χ2v) is 9.33. The van der Waals surface area contributed by atoms with Gasteiger partial charge in [-0.05, 0) is 37.1 Å². The third-order valence-corrected chi connectivity index (χ3v) is 5.77. The molecular weight excluding hydrogens is 641 g/mol. The molecule has 11 nitrogen and oxygen atoms in total. The minimum absolute atomic E-state index is 0.334. The second kappa shape index (κ2) is 17.0. The van der Waals surface area contributed by atoms with Crippen LogP contribution < -0.4 is 0 Å². The zero-order chi connectivity index (χ0) is 34.6. The van der Waals surface area contributed by atoms with Crippen molar-refractivity contribution in [1.82, 2.24) is 14.8 Å². The summed E-state index contributed by atoms with van der Waals surface area (Å²) < 4.78 is 107. The highest BCUT2D eigenvalue weighted by Gasteiger charge is 2.40. The number of carboxylic acids is 3. The lowest BCUT2D eigenvalue weighted by Crippen LogP contribution is -2.49. The molecule has 20 heteroatoms. The van der Waals surface area contributed by atoms with Crippen molar-refractivity contribution in [2.45, 2.75) is 57.2 Å². The lowest BCUT2D eigenvalue weighted by molar-refractivity contribution is -0.193. The number of fused-ring (bicyclic) bond motifs is 1. The number of piperazine rings is 1. The van der Waals surface area contributed by atoms with E-state index in [0.29, 0.717) is 18.8 Å². The Kier molecular flexibility index (Phi) is 14.7. The number of ether oxygens (including phenoxy) is 1. The van der Waals surface area contributed by atoms with Crippen molar-refractivity contribution in [2.24, 2.45) is 0 Å². The lowest BCUT2D eigenvalue weighted by Gasteiger charge is -2.36. The first-order valence-corrected chi connectivity index (χ1v) is 12.5. The van der Waals surface area contributed by atoms with Crippen LogP contribution in [0.25, 0.3) is 0 Å². The molecule has 0 aromatic carbocycles. The van der Waals surface area contributed by atoms with E-state index in [0.717, 1.165) is 56.2 Å². The molecule has 0 bridgehead atoms. The van der Waals surface area contributed by atoms with Gasteiger partial charge in [-0.3, -0.25) is 14.8 Å². The SMILES string of the molecule is Cc1ccc(CN2CCN3CC(OCc4cccnc4)CC3C2)o1.O=C(O)C(F)(F)F.O=C(O)C(F)(F)F.O=C(O)C(F)(F)F. The van der Waals surface area contributed by atoms with Gasteiger partial charge in [0.1, 0.15) is 11.5 Å². The number of pyridine rings is 1. The standard InChI is InChI=1S/C19H25N3O2.3C2HF3O2/c1-15-4-5-18(24-15)12-21-7-8-22-13-19(9-17(22)11-21)23-14-16-3-2-6-20-10-16;3*3-2(4,5)1(6)7/h2-6,10,17,19H,7-9,11-14H2,1H3;3*(H,6,7). The van der Waals surface area contributed by atoms with E-state index in [2.05, 4.69) is 26.9 Å². The van der Waals surface area contributed by atoms with Crippen LogP contribution in [0.1, 0.15) is 23.5 Å². The number of aryl methyl sites for hydroxylation is 1. The Morgan fingerprint density at radius 1 is 0.889 bits per heavy atom. The monoisotopic (exact) mass is 669 g/mol. The zero-order valence-corrected chi connectivity index (χ0v) is 23.2. The van der Waals surface area contributed by atoms with Gasteiger partial charge in [-0.2, -0.15) is 39.5 Å². The molecular formula is C25H28F9N3O8. The van der Waals surface area contributed by atoms with Gasteiger partial charge in [0.05, 0.1) is 19.3 Å². The Morgan fingerprint density at radius 3 is 1.84 bits per heavy atom. The lowest BCUT2D eigenvalue weighted by atomic mass is 10.1. The number of furan rings is 1. The molecule has 2 atom stereocenters. The Bertz CT molecular complexity index is 1160. The molecule has 2 unspecified atom stereocenters. The number of carboxylic acid groups (broad SMARTS) is 3. The normalized spacial score (nSPS) is 18.6. The summed E-state index contributed by atoms with van der Waals surface area (Å²) in [5, 5.41) is 21.4. The summed E-state index contributed by atoms with van der Waals surface area (Å²) in [6, 6.07) is 8.78. The first-order valence-electron chi connectivity index (χ1n) is 12.5. The fourth-order valence-corrected chi connectivity index (χ4v) is 3.81. The van der Waals surface area contributed by atoms with Crippen LogP contribution in [-0.4, -0.2) is 105 Å². The number of rotatable bonds is 5. The van der Waals surface area contributed by atoms with Crippen LogP contribution >= 0.6 is 0 Å². The molecule has 0 amide bonds. The maximum Gasteiger partial charge on any atom is 0.490 e. The minimum Gasteiger partial charge on any atom is -0.475 e.